The van der Waals surface area contributed by atoms with Crippen LogP contribution in [0.5, 0.6) is 0 Å². The number of carboxylic acids is 1. The third-order valence-corrected chi connectivity index (χ3v) is 2.82. The minimum Gasteiger partial charge on any atom is -0.481 e. The highest BCUT2D eigenvalue weighted by atomic mass is 16.6. The molecule has 0 spiro atoms. The molecule has 1 aliphatic heterocycles. The summed E-state index contributed by atoms with van der Waals surface area (Å²) in [6, 6.07) is 0. The summed E-state index contributed by atoms with van der Waals surface area (Å²) in [5.74, 6) is -1.18. The van der Waals surface area contributed by atoms with Crippen LogP contribution >= 0.6 is 0 Å². The van der Waals surface area contributed by atoms with Gasteiger partial charge in [-0.2, -0.15) is 0 Å². The van der Waals surface area contributed by atoms with E-state index < -0.39 is 17.5 Å². The van der Waals surface area contributed by atoms with Gasteiger partial charge in [-0.25, -0.2) is 0 Å². The second-order valence-electron chi connectivity index (χ2n) is 3.59. The number of carbonyl (C=O) groups is 2. The molecule has 2 atom stereocenters. The molecule has 0 saturated carbocycles. The van der Waals surface area contributed by atoms with Gasteiger partial charge in [0.05, 0.1) is 0 Å². The van der Waals surface area contributed by atoms with Crippen LogP contribution in [0.25, 0.3) is 0 Å². The first-order valence-corrected chi connectivity index (χ1v) is 4.43. The smallest absolute Gasteiger partial charge is 0.313 e. The number of ether oxygens (including phenoxy) is 1. The van der Waals surface area contributed by atoms with Gasteiger partial charge in [0.1, 0.15) is 11.5 Å². The maximum atomic E-state index is 11.0. The van der Waals surface area contributed by atoms with E-state index in [-0.39, 0.29) is 5.97 Å². The lowest BCUT2D eigenvalue weighted by molar-refractivity contribution is -0.161. The minimum atomic E-state index is -0.924. The third kappa shape index (κ3) is 1.66. The molecular weight excluding hydrogens is 172 g/mol. The van der Waals surface area contributed by atoms with E-state index in [1.165, 1.54) is 0 Å². The van der Waals surface area contributed by atoms with Gasteiger partial charge in [0.15, 0.2) is 0 Å². The maximum Gasteiger partial charge on any atom is 0.313 e. The molecule has 1 aliphatic rings. The quantitative estimate of drug-likeness (QED) is 0.672. The normalized spacial score (nSPS) is 26.6. The molecule has 1 saturated heterocycles. The summed E-state index contributed by atoms with van der Waals surface area (Å²) in [4.78, 5) is 21.8. The summed E-state index contributed by atoms with van der Waals surface area (Å²) < 4.78 is 4.96. The number of cyclic esters (lactones) is 1. The molecule has 4 heteroatoms. The van der Waals surface area contributed by atoms with E-state index >= 15 is 0 Å². The van der Waals surface area contributed by atoms with Crippen LogP contribution in [0.4, 0.5) is 0 Å². The number of hydrogen-bond donors (Lipinski definition) is 1. The molecule has 13 heavy (non-hydrogen) atoms. The Hall–Kier alpha value is -1.06. The summed E-state index contributed by atoms with van der Waals surface area (Å²) in [5.41, 5.74) is -0.924. The van der Waals surface area contributed by atoms with Crippen LogP contribution < -0.4 is 0 Å². The zero-order valence-electron chi connectivity index (χ0n) is 7.87. The predicted octanol–water partition coefficient (Wildman–Crippen LogP) is 1.19. The summed E-state index contributed by atoms with van der Waals surface area (Å²) >= 11 is 0. The number of carbonyl (C=O) groups excluding carboxylic acids is 1. The minimum absolute atomic E-state index is 0.286. The number of carboxylic acid groups (broad SMARTS) is 1. The molecule has 0 aromatic rings. The molecule has 74 valence electrons. The van der Waals surface area contributed by atoms with Gasteiger partial charge in [0.25, 0.3) is 0 Å². The van der Waals surface area contributed by atoms with E-state index in [2.05, 4.69) is 0 Å². The molecule has 0 aliphatic carbocycles. The molecule has 2 unspecified atom stereocenters. The molecule has 0 aromatic heterocycles. The summed E-state index contributed by atoms with van der Waals surface area (Å²) in [7, 11) is 0. The number of aliphatic carboxylic acids is 1. The average Bonchev–Trinajstić information content (AvgIpc) is 2.50. The fourth-order valence-electron chi connectivity index (χ4n) is 1.49. The zero-order chi connectivity index (χ0) is 10.1. The van der Waals surface area contributed by atoms with Crippen molar-refractivity contribution in [2.45, 2.75) is 39.2 Å². The Bertz CT molecular complexity index is 236. The van der Waals surface area contributed by atoms with E-state index in [0.717, 1.165) is 0 Å². The van der Waals surface area contributed by atoms with Crippen molar-refractivity contribution in [3.63, 3.8) is 0 Å². The molecule has 0 bridgehead atoms. The van der Waals surface area contributed by atoms with Gasteiger partial charge in [-0.3, -0.25) is 9.59 Å². The Morgan fingerprint density at radius 1 is 1.77 bits per heavy atom. The zero-order valence-corrected chi connectivity index (χ0v) is 7.87. The van der Waals surface area contributed by atoms with Crippen LogP contribution in [0.2, 0.25) is 0 Å². The Balaban J connectivity index is 2.77. The maximum absolute atomic E-state index is 11.0. The second kappa shape index (κ2) is 3.36. The molecule has 0 aromatic carbocycles. The summed E-state index contributed by atoms with van der Waals surface area (Å²) in [6.07, 6.45) is 0.881. The van der Waals surface area contributed by atoms with Crippen molar-refractivity contribution in [2.24, 2.45) is 5.41 Å². The van der Waals surface area contributed by atoms with Gasteiger partial charge in [-0.05, 0) is 19.8 Å². The number of rotatable bonds is 3. The van der Waals surface area contributed by atoms with E-state index in [1.54, 1.807) is 13.8 Å². The van der Waals surface area contributed by atoms with Crippen molar-refractivity contribution in [3.8, 4) is 0 Å². The fraction of sp³-hybridized carbons (Fsp3) is 0.778. The van der Waals surface area contributed by atoms with Crippen molar-refractivity contribution in [2.75, 3.05) is 0 Å². The molecule has 0 radical (unpaired) electrons. The van der Waals surface area contributed by atoms with Gasteiger partial charge in [0, 0.05) is 6.42 Å². The second-order valence-corrected chi connectivity index (χ2v) is 3.59. The van der Waals surface area contributed by atoms with Gasteiger partial charge >= 0.3 is 11.9 Å². The lowest BCUT2D eigenvalue weighted by atomic mass is 9.80. The lowest BCUT2D eigenvalue weighted by Crippen LogP contribution is -2.39. The van der Waals surface area contributed by atoms with Crippen LogP contribution in [0.3, 0.4) is 0 Å². The molecule has 1 rings (SSSR count). The molecule has 1 fully saturated rings. The van der Waals surface area contributed by atoms with E-state index in [0.29, 0.717) is 19.3 Å². The highest BCUT2D eigenvalue weighted by molar-refractivity contribution is 5.78. The Kier molecular flexibility index (Phi) is 2.59. The van der Waals surface area contributed by atoms with Crippen LogP contribution in [0.1, 0.15) is 33.1 Å². The van der Waals surface area contributed by atoms with E-state index in [4.69, 9.17) is 9.84 Å². The topological polar surface area (TPSA) is 63.6 Å². The molecule has 0 amide bonds. The highest BCUT2D eigenvalue weighted by Crippen LogP contribution is 2.34. The van der Waals surface area contributed by atoms with Gasteiger partial charge < -0.3 is 9.84 Å². The van der Waals surface area contributed by atoms with Crippen molar-refractivity contribution in [3.05, 3.63) is 0 Å². The monoisotopic (exact) mass is 186 g/mol. The lowest BCUT2D eigenvalue weighted by Gasteiger charge is -2.28. The van der Waals surface area contributed by atoms with Gasteiger partial charge in [-0.15, -0.1) is 0 Å². The molecule has 1 heterocycles. The predicted molar refractivity (Wildman–Crippen MR) is 45.1 cm³/mol. The first kappa shape index (κ1) is 10.0. The van der Waals surface area contributed by atoms with Crippen LogP contribution in [0, 0.1) is 5.41 Å². The van der Waals surface area contributed by atoms with Gasteiger partial charge in [-0.1, -0.05) is 6.92 Å². The molecular formula is C9H14O4. The molecule has 4 nitrogen and oxygen atoms in total. The molecule has 1 N–H and O–H groups in total. The van der Waals surface area contributed by atoms with Crippen molar-refractivity contribution < 1.29 is 19.4 Å². The third-order valence-electron chi connectivity index (χ3n) is 2.82. The van der Waals surface area contributed by atoms with Gasteiger partial charge in [0.2, 0.25) is 0 Å². The average molecular weight is 186 g/mol. The van der Waals surface area contributed by atoms with E-state index in [9.17, 15) is 9.59 Å². The first-order valence-electron chi connectivity index (χ1n) is 4.43. The van der Waals surface area contributed by atoms with Crippen LogP contribution in [-0.2, 0) is 14.3 Å². The van der Waals surface area contributed by atoms with Crippen molar-refractivity contribution in [1.29, 1.82) is 0 Å². The first-order chi connectivity index (χ1) is 6.00. The fourth-order valence-corrected chi connectivity index (χ4v) is 1.49. The number of hydrogen-bond acceptors (Lipinski definition) is 3. The standard InChI is InChI=1S/C9H14O4/c1-3-9(2,8(11)12)6-4-5-7(10)13-6/h6H,3-5H2,1-2H3,(H,11,12). The SMILES string of the molecule is CCC(C)(C(=O)O)C1CCC(=O)O1. The van der Waals surface area contributed by atoms with E-state index in [1.807, 2.05) is 0 Å². The summed E-state index contributed by atoms with van der Waals surface area (Å²) in [6.45, 7) is 3.42. The Morgan fingerprint density at radius 2 is 2.38 bits per heavy atom. The summed E-state index contributed by atoms with van der Waals surface area (Å²) in [5, 5.41) is 8.99. The van der Waals surface area contributed by atoms with Crippen LogP contribution in [0.15, 0.2) is 0 Å². The number of esters is 1. The highest BCUT2D eigenvalue weighted by Gasteiger charge is 2.45. The Labute approximate surface area is 76.9 Å². The Morgan fingerprint density at radius 3 is 2.69 bits per heavy atom. The van der Waals surface area contributed by atoms with Crippen molar-refractivity contribution >= 4 is 11.9 Å². The van der Waals surface area contributed by atoms with Crippen molar-refractivity contribution in [1.82, 2.24) is 0 Å². The largest absolute Gasteiger partial charge is 0.481 e. The van der Waals surface area contributed by atoms with Crippen LogP contribution in [-0.4, -0.2) is 23.1 Å².